The van der Waals surface area contributed by atoms with Crippen LogP contribution in [0.5, 0.6) is 0 Å². The zero-order valence-corrected chi connectivity index (χ0v) is 11.8. The summed E-state index contributed by atoms with van der Waals surface area (Å²) in [6.45, 7) is 7.15. The largest absolute Gasteiger partial charge is 0.333 e. The molecule has 1 aromatic rings. The summed E-state index contributed by atoms with van der Waals surface area (Å²) in [5.74, 6) is 0.916. The van der Waals surface area contributed by atoms with Crippen LogP contribution >= 0.6 is 11.3 Å². The van der Waals surface area contributed by atoms with Crippen molar-refractivity contribution in [2.45, 2.75) is 32.7 Å². The number of carbonyl (C=O) groups excluding carboxylic acids is 1. The van der Waals surface area contributed by atoms with E-state index in [1.54, 1.807) is 11.3 Å². The lowest BCUT2D eigenvalue weighted by Crippen LogP contribution is -2.48. The molecule has 1 N–H and O–H groups in total. The van der Waals surface area contributed by atoms with Crippen molar-refractivity contribution in [1.82, 2.24) is 10.2 Å². The fourth-order valence-electron chi connectivity index (χ4n) is 3.14. The molecule has 2 aliphatic rings. The van der Waals surface area contributed by atoms with Crippen molar-refractivity contribution >= 4 is 17.2 Å². The monoisotopic (exact) mass is 264 g/mol. The van der Waals surface area contributed by atoms with Crippen molar-refractivity contribution in [1.29, 1.82) is 0 Å². The molecule has 98 valence electrons. The van der Waals surface area contributed by atoms with Gasteiger partial charge in [-0.25, -0.2) is 0 Å². The third-order valence-electron chi connectivity index (χ3n) is 4.32. The summed E-state index contributed by atoms with van der Waals surface area (Å²) < 4.78 is 0. The van der Waals surface area contributed by atoms with Gasteiger partial charge in [-0.3, -0.25) is 4.79 Å². The van der Waals surface area contributed by atoms with E-state index in [-0.39, 0.29) is 5.91 Å². The number of nitrogens with zero attached hydrogens (tertiary/aromatic N) is 1. The number of hydrogen-bond donors (Lipinski definition) is 1. The van der Waals surface area contributed by atoms with Crippen LogP contribution in [-0.2, 0) is 0 Å². The SMILES string of the molecule is Cc1cc(C(=O)N2CCCC3CNCC32)sc1C. The maximum absolute atomic E-state index is 12.6. The van der Waals surface area contributed by atoms with Gasteiger partial charge in [0.25, 0.3) is 5.91 Å². The van der Waals surface area contributed by atoms with E-state index < -0.39 is 0 Å². The lowest BCUT2D eigenvalue weighted by molar-refractivity contribution is 0.0580. The smallest absolute Gasteiger partial charge is 0.264 e. The number of rotatable bonds is 1. The predicted octanol–water partition coefficient (Wildman–Crippen LogP) is 2.19. The molecule has 1 aromatic heterocycles. The summed E-state index contributed by atoms with van der Waals surface area (Å²) >= 11 is 1.64. The first-order valence-electron chi connectivity index (χ1n) is 6.75. The maximum atomic E-state index is 12.6. The van der Waals surface area contributed by atoms with Crippen LogP contribution in [-0.4, -0.2) is 36.5 Å². The summed E-state index contributed by atoms with van der Waals surface area (Å²) in [5, 5.41) is 3.43. The molecule has 0 radical (unpaired) electrons. The highest BCUT2D eigenvalue weighted by Gasteiger charge is 2.37. The molecule has 3 nitrogen and oxygen atoms in total. The molecule has 0 aliphatic carbocycles. The van der Waals surface area contributed by atoms with Crippen LogP contribution < -0.4 is 5.32 Å². The lowest BCUT2D eigenvalue weighted by Gasteiger charge is -2.36. The lowest BCUT2D eigenvalue weighted by atomic mass is 9.92. The Morgan fingerprint density at radius 1 is 1.44 bits per heavy atom. The van der Waals surface area contributed by atoms with Crippen molar-refractivity contribution in [3.05, 3.63) is 21.4 Å². The fraction of sp³-hybridized carbons (Fsp3) is 0.643. The van der Waals surface area contributed by atoms with Gasteiger partial charge in [-0.15, -0.1) is 11.3 Å². The molecular formula is C14H20N2OS. The Morgan fingerprint density at radius 3 is 3.00 bits per heavy atom. The molecule has 4 heteroatoms. The molecule has 18 heavy (non-hydrogen) atoms. The molecule has 3 heterocycles. The van der Waals surface area contributed by atoms with E-state index in [1.165, 1.54) is 16.9 Å². The molecular weight excluding hydrogens is 244 g/mol. The second-order valence-electron chi connectivity index (χ2n) is 5.48. The van der Waals surface area contributed by atoms with E-state index in [9.17, 15) is 4.79 Å². The first-order valence-corrected chi connectivity index (χ1v) is 7.57. The second-order valence-corrected chi connectivity index (χ2v) is 6.73. The summed E-state index contributed by atoms with van der Waals surface area (Å²) in [6.07, 6.45) is 2.42. The zero-order valence-electron chi connectivity index (χ0n) is 11.0. The summed E-state index contributed by atoms with van der Waals surface area (Å²) in [6, 6.07) is 2.47. The van der Waals surface area contributed by atoms with Gasteiger partial charge < -0.3 is 10.2 Å². The Hall–Kier alpha value is -0.870. The highest BCUT2D eigenvalue weighted by Crippen LogP contribution is 2.30. The number of piperidine rings is 1. The molecule has 2 atom stereocenters. The number of carbonyl (C=O) groups is 1. The molecule has 0 aromatic carbocycles. The molecule has 0 saturated carbocycles. The van der Waals surface area contributed by atoms with Gasteiger partial charge in [0, 0.05) is 30.6 Å². The van der Waals surface area contributed by atoms with Crippen molar-refractivity contribution in [3.63, 3.8) is 0 Å². The summed E-state index contributed by atoms with van der Waals surface area (Å²) in [4.78, 5) is 16.9. The average Bonchev–Trinajstić information content (AvgIpc) is 2.95. The minimum Gasteiger partial charge on any atom is -0.333 e. The van der Waals surface area contributed by atoms with Crippen LogP contribution in [0.1, 0.15) is 33.0 Å². The quantitative estimate of drug-likeness (QED) is 0.843. The van der Waals surface area contributed by atoms with E-state index in [1.807, 2.05) is 6.07 Å². The van der Waals surface area contributed by atoms with Gasteiger partial charge in [-0.2, -0.15) is 0 Å². The van der Waals surface area contributed by atoms with E-state index >= 15 is 0 Å². The number of amides is 1. The Kier molecular flexibility index (Phi) is 3.16. The molecule has 0 spiro atoms. The number of hydrogen-bond acceptors (Lipinski definition) is 3. The Morgan fingerprint density at radius 2 is 2.28 bits per heavy atom. The highest BCUT2D eigenvalue weighted by molar-refractivity contribution is 7.14. The first kappa shape index (κ1) is 12.2. The maximum Gasteiger partial charge on any atom is 0.264 e. The molecule has 0 bridgehead atoms. The van der Waals surface area contributed by atoms with Crippen LogP contribution in [0.25, 0.3) is 0 Å². The van der Waals surface area contributed by atoms with Crippen molar-refractivity contribution in [3.8, 4) is 0 Å². The third-order valence-corrected chi connectivity index (χ3v) is 5.46. The van der Waals surface area contributed by atoms with Gasteiger partial charge in [-0.1, -0.05) is 0 Å². The van der Waals surface area contributed by atoms with E-state index in [2.05, 4.69) is 24.1 Å². The van der Waals surface area contributed by atoms with Gasteiger partial charge in [0.2, 0.25) is 0 Å². The van der Waals surface area contributed by atoms with E-state index in [0.717, 1.165) is 30.9 Å². The minimum atomic E-state index is 0.245. The van der Waals surface area contributed by atoms with Crippen molar-refractivity contribution in [2.75, 3.05) is 19.6 Å². The molecule has 2 unspecified atom stereocenters. The normalized spacial score (nSPS) is 27.3. The van der Waals surface area contributed by atoms with Crippen molar-refractivity contribution in [2.24, 2.45) is 5.92 Å². The van der Waals surface area contributed by atoms with Crippen LogP contribution in [0.15, 0.2) is 6.07 Å². The predicted molar refractivity (Wildman–Crippen MR) is 74.2 cm³/mol. The van der Waals surface area contributed by atoms with Gasteiger partial charge in [0.05, 0.1) is 4.88 Å². The molecule has 2 aliphatic heterocycles. The second kappa shape index (κ2) is 4.67. The fourth-order valence-corrected chi connectivity index (χ4v) is 4.13. The van der Waals surface area contributed by atoms with Gasteiger partial charge in [-0.05, 0) is 44.2 Å². The number of likely N-dealkylation sites (tertiary alicyclic amines) is 1. The minimum absolute atomic E-state index is 0.245. The van der Waals surface area contributed by atoms with Gasteiger partial charge >= 0.3 is 0 Å². The molecule has 2 saturated heterocycles. The number of fused-ring (bicyclic) bond motifs is 1. The molecule has 3 rings (SSSR count). The van der Waals surface area contributed by atoms with E-state index in [4.69, 9.17) is 0 Å². The van der Waals surface area contributed by atoms with Crippen LogP contribution in [0, 0.1) is 19.8 Å². The zero-order chi connectivity index (χ0) is 12.7. The number of nitrogens with one attached hydrogen (secondary N) is 1. The van der Waals surface area contributed by atoms with Gasteiger partial charge in [0.15, 0.2) is 0 Å². The van der Waals surface area contributed by atoms with Gasteiger partial charge in [0.1, 0.15) is 0 Å². The summed E-state index contributed by atoms with van der Waals surface area (Å²) in [5.41, 5.74) is 1.24. The first-order chi connectivity index (χ1) is 8.66. The van der Waals surface area contributed by atoms with Crippen LogP contribution in [0.2, 0.25) is 0 Å². The Bertz CT molecular complexity index is 449. The average molecular weight is 264 g/mol. The Balaban J connectivity index is 1.83. The Labute approximate surface area is 112 Å². The number of thiophene rings is 1. The number of aryl methyl sites for hydroxylation is 2. The standard InChI is InChI=1S/C14H20N2OS/c1-9-6-13(18-10(9)2)14(17)16-5-3-4-11-7-15-8-12(11)16/h6,11-12,15H,3-5,7-8H2,1-2H3. The summed E-state index contributed by atoms with van der Waals surface area (Å²) in [7, 11) is 0. The third kappa shape index (κ3) is 1.97. The highest BCUT2D eigenvalue weighted by atomic mass is 32.1. The molecule has 2 fully saturated rings. The van der Waals surface area contributed by atoms with Crippen LogP contribution in [0.3, 0.4) is 0 Å². The van der Waals surface area contributed by atoms with Crippen LogP contribution in [0.4, 0.5) is 0 Å². The van der Waals surface area contributed by atoms with Crippen molar-refractivity contribution < 1.29 is 4.79 Å². The topological polar surface area (TPSA) is 32.3 Å². The molecule has 1 amide bonds. The van der Waals surface area contributed by atoms with E-state index in [0.29, 0.717) is 12.0 Å².